The summed E-state index contributed by atoms with van der Waals surface area (Å²) in [6.07, 6.45) is -13.1. The predicted octanol–water partition coefficient (Wildman–Crippen LogP) is -2.69. The lowest BCUT2D eigenvalue weighted by Gasteiger charge is -2.45. The number of rotatable bonds is 6. The normalized spacial score (nSPS) is 38.7. The van der Waals surface area contributed by atoms with Gasteiger partial charge < -0.3 is 59.8 Å². The molecule has 0 saturated carbocycles. The molecule has 0 aromatic heterocycles. The fourth-order valence-corrected chi connectivity index (χ4v) is 3.52. The van der Waals surface area contributed by atoms with E-state index in [-0.39, 0.29) is 11.5 Å². The first-order valence-corrected chi connectivity index (χ1v) is 10.4. The molecule has 10 unspecified atom stereocenters. The molecule has 0 bridgehead atoms. The Kier molecular flexibility index (Phi) is 8.46. The van der Waals surface area contributed by atoms with Crippen molar-refractivity contribution in [3.63, 3.8) is 0 Å². The van der Waals surface area contributed by atoms with Crippen molar-refractivity contribution in [3.05, 3.63) is 29.8 Å². The van der Waals surface area contributed by atoms with Crippen LogP contribution in [-0.4, -0.2) is 115 Å². The minimum Gasteiger partial charge on any atom is -0.504 e. The number of benzene rings is 1. The minimum atomic E-state index is -1.85. The van der Waals surface area contributed by atoms with Crippen LogP contribution in [0.2, 0.25) is 0 Å². The van der Waals surface area contributed by atoms with Crippen LogP contribution in [0.1, 0.15) is 12.5 Å². The Hall–Kier alpha value is -2.33. The smallest absolute Gasteiger partial charge is 0.330 e. The molecule has 2 aliphatic heterocycles. The van der Waals surface area contributed by atoms with E-state index < -0.39 is 74.0 Å². The summed E-state index contributed by atoms with van der Waals surface area (Å²) < 4.78 is 20.8. The SMILES string of the molecule is CC1OC(OC2C(O)C(O)OC(COC(=O)C=Cc3ccc(O)c(O)c3)C2O)C(O)C(O)C1O. The van der Waals surface area contributed by atoms with Gasteiger partial charge in [0.2, 0.25) is 0 Å². The predicted molar refractivity (Wildman–Crippen MR) is 110 cm³/mol. The third-order valence-electron chi connectivity index (χ3n) is 5.56. The maximum atomic E-state index is 12.0. The van der Waals surface area contributed by atoms with Gasteiger partial charge in [0.15, 0.2) is 24.1 Å². The minimum absolute atomic E-state index is 0.327. The molecule has 0 amide bonds. The molecule has 1 aromatic rings. The van der Waals surface area contributed by atoms with E-state index in [1.54, 1.807) is 0 Å². The van der Waals surface area contributed by atoms with Gasteiger partial charge in [0.05, 0.1) is 6.10 Å². The fourth-order valence-electron chi connectivity index (χ4n) is 3.52. The lowest BCUT2D eigenvalue weighted by molar-refractivity contribution is -0.352. The fraction of sp³-hybridized carbons (Fsp3) is 0.571. The molecule has 2 saturated heterocycles. The van der Waals surface area contributed by atoms with Gasteiger partial charge in [-0.25, -0.2) is 4.79 Å². The van der Waals surface area contributed by atoms with E-state index in [9.17, 15) is 45.6 Å². The Bertz CT molecular complexity index is 876. The first-order valence-electron chi connectivity index (χ1n) is 10.4. The van der Waals surface area contributed by atoms with Gasteiger partial charge in [0.1, 0.15) is 49.3 Å². The van der Waals surface area contributed by atoms with Crippen LogP contribution >= 0.6 is 0 Å². The van der Waals surface area contributed by atoms with Crippen LogP contribution in [0, 0.1) is 0 Å². The van der Waals surface area contributed by atoms with Crippen molar-refractivity contribution in [2.45, 2.75) is 68.3 Å². The number of carbonyl (C=O) groups is 1. The van der Waals surface area contributed by atoms with Gasteiger partial charge in [-0.05, 0) is 30.7 Å². The molecule has 1 aromatic carbocycles. The van der Waals surface area contributed by atoms with Gasteiger partial charge in [0, 0.05) is 6.08 Å². The molecule has 190 valence electrons. The standard InChI is InChI=1S/C21H28O13/c1-8-14(25)16(27)17(28)21(32-8)34-19-15(26)12(33-20(30)18(19)29)7-31-13(24)5-3-9-2-4-10(22)11(23)6-9/h2-6,8,12,14-23,25-30H,7H2,1H3. The van der Waals surface area contributed by atoms with Crippen LogP contribution in [-0.2, 0) is 23.7 Å². The van der Waals surface area contributed by atoms with Crippen molar-refractivity contribution in [1.29, 1.82) is 0 Å². The second-order valence-electron chi connectivity index (χ2n) is 8.04. The van der Waals surface area contributed by atoms with Crippen LogP contribution < -0.4 is 0 Å². The van der Waals surface area contributed by atoms with Crippen molar-refractivity contribution < 1.29 is 64.6 Å². The summed E-state index contributed by atoms with van der Waals surface area (Å²) in [5.74, 6) is -1.57. The van der Waals surface area contributed by atoms with E-state index in [0.29, 0.717) is 5.56 Å². The summed E-state index contributed by atoms with van der Waals surface area (Å²) in [6, 6.07) is 3.88. The number of phenolic OH excluding ortho intramolecular Hbond substituents is 2. The largest absolute Gasteiger partial charge is 0.504 e. The number of aliphatic hydroxyl groups excluding tert-OH is 6. The van der Waals surface area contributed by atoms with Gasteiger partial charge in [-0.2, -0.15) is 0 Å². The van der Waals surface area contributed by atoms with Crippen molar-refractivity contribution in [2.24, 2.45) is 0 Å². The second-order valence-corrected chi connectivity index (χ2v) is 8.04. The lowest BCUT2D eigenvalue weighted by atomic mass is 9.97. The zero-order valence-electron chi connectivity index (χ0n) is 18.0. The van der Waals surface area contributed by atoms with Crippen LogP contribution in [0.5, 0.6) is 11.5 Å². The molecular formula is C21H28O13. The highest BCUT2D eigenvalue weighted by Crippen LogP contribution is 2.29. The van der Waals surface area contributed by atoms with E-state index in [4.69, 9.17) is 18.9 Å². The molecule has 34 heavy (non-hydrogen) atoms. The molecule has 10 atom stereocenters. The van der Waals surface area contributed by atoms with Crippen LogP contribution in [0.25, 0.3) is 6.08 Å². The Labute approximate surface area is 193 Å². The van der Waals surface area contributed by atoms with Gasteiger partial charge >= 0.3 is 5.97 Å². The number of ether oxygens (including phenoxy) is 4. The molecule has 2 heterocycles. The average molecular weight is 488 g/mol. The summed E-state index contributed by atoms with van der Waals surface area (Å²) in [6.45, 7) is 0.859. The third-order valence-corrected chi connectivity index (χ3v) is 5.56. The van der Waals surface area contributed by atoms with Gasteiger partial charge in [-0.15, -0.1) is 0 Å². The number of hydrogen-bond donors (Lipinski definition) is 8. The first-order chi connectivity index (χ1) is 16.0. The zero-order chi connectivity index (χ0) is 25.2. The van der Waals surface area contributed by atoms with Crippen LogP contribution in [0.4, 0.5) is 0 Å². The van der Waals surface area contributed by atoms with E-state index in [1.807, 2.05) is 0 Å². The number of phenols is 2. The van der Waals surface area contributed by atoms with E-state index in [1.165, 1.54) is 31.2 Å². The molecule has 0 spiro atoms. The highest BCUT2D eigenvalue weighted by molar-refractivity contribution is 5.87. The highest BCUT2D eigenvalue weighted by Gasteiger charge is 2.50. The molecular weight excluding hydrogens is 460 g/mol. The molecule has 3 rings (SSSR count). The molecule has 0 aliphatic carbocycles. The van der Waals surface area contributed by atoms with Crippen LogP contribution in [0.15, 0.2) is 24.3 Å². The van der Waals surface area contributed by atoms with Crippen molar-refractivity contribution in [3.8, 4) is 11.5 Å². The average Bonchev–Trinajstić information content (AvgIpc) is 2.80. The number of aromatic hydroxyl groups is 2. The molecule has 8 N–H and O–H groups in total. The lowest BCUT2D eigenvalue weighted by Crippen LogP contribution is -2.64. The Morgan fingerprint density at radius 2 is 1.65 bits per heavy atom. The summed E-state index contributed by atoms with van der Waals surface area (Å²) in [4.78, 5) is 12.0. The monoisotopic (exact) mass is 488 g/mol. The van der Waals surface area contributed by atoms with Gasteiger partial charge in [0.25, 0.3) is 0 Å². The van der Waals surface area contributed by atoms with Crippen LogP contribution in [0.3, 0.4) is 0 Å². The Morgan fingerprint density at radius 1 is 0.941 bits per heavy atom. The highest BCUT2D eigenvalue weighted by atomic mass is 16.7. The first kappa shape index (κ1) is 26.3. The number of aliphatic hydroxyl groups is 6. The van der Waals surface area contributed by atoms with E-state index >= 15 is 0 Å². The van der Waals surface area contributed by atoms with Crippen molar-refractivity contribution in [1.82, 2.24) is 0 Å². The number of esters is 1. The third kappa shape index (κ3) is 5.83. The topological polar surface area (TPSA) is 216 Å². The number of hydrogen-bond acceptors (Lipinski definition) is 13. The summed E-state index contributed by atoms with van der Waals surface area (Å²) in [7, 11) is 0. The molecule has 2 fully saturated rings. The van der Waals surface area contributed by atoms with Gasteiger partial charge in [-0.1, -0.05) is 6.07 Å². The zero-order valence-corrected chi connectivity index (χ0v) is 18.0. The quantitative estimate of drug-likeness (QED) is 0.116. The molecule has 13 nitrogen and oxygen atoms in total. The Morgan fingerprint density at radius 3 is 2.32 bits per heavy atom. The van der Waals surface area contributed by atoms with Gasteiger partial charge in [-0.3, -0.25) is 0 Å². The van der Waals surface area contributed by atoms with Crippen molar-refractivity contribution >= 4 is 12.0 Å². The molecule has 0 radical (unpaired) electrons. The maximum Gasteiger partial charge on any atom is 0.330 e. The second kappa shape index (κ2) is 10.9. The van der Waals surface area contributed by atoms with E-state index in [2.05, 4.69) is 0 Å². The Balaban J connectivity index is 1.60. The summed E-state index contributed by atoms with van der Waals surface area (Å²) in [5.41, 5.74) is 0.390. The summed E-state index contributed by atoms with van der Waals surface area (Å²) >= 11 is 0. The van der Waals surface area contributed by atoms with E-state index in [0.717, 1.165) is 6.08 Å². The molecule has 2 aliphatic rings. The summed E-state index contributed by atoms with van der Waals surface area (Å²) in [5, 5.41) is 79.3. The molecule has 13 heteroatoms. The number of carbonyl (C=O) groups excluding carboxylic acids is 1. The van der Waals surface area contributed by atoms with Crippen molar-refractivity contribution in [2.75, 3.05) is 6.61 Å². The maximum absolute atomic E-state index is 12.0.